The molecule has 0 unspecified atom stereocenters. The Labute approximate surface area is 95.8 Å². The molecule has 0 saturated heterocycles. The predicted molar refractivity (Wildman–Crippen MR) is 59.4 cm³/mol. The first-order chi connectivity index (χ1) is 5.82. The Morgan fingerprint density at radius 3 is 1.92 bits per heavy atom. The molecule has 1 aromatic rings. The lowest BCUT2D eigenvalue weighted by Gasteiger charge is -2.18. The third kappa shape index (κ3) is 2.59. The van der Waals surface area contributed by atoms with E-state index < -0.39 is 5.60 Å². The molecule has 0 radical (unpaired) electrons. The van der Waals surface area contributed by atoms with E-state index in [1.165, 1.54) is 0 Å². The van der Waals surface area contributed by atoms with Crippen LogP contribution in [0.25, 0.3) is 0 Å². The van der Waals surface area contributed by atoms with Gasteiger partial charge in [-0.25, -0.2) is 0 Å². The Morgan fingerprint density at radius 2 is 1.62 bits per heavy atom. The highest BCUT2D eigenvalue weighted by Gasteiger charge is 2.18. The fraction of sp³-hybridized carbons (Fsp3) is 0.333. The average molecular weight is 284 g/mol. The third-order valence-electron chi connectivity index (χ3n) is 1.69. The first-order valence-electron chi connectivity index (χ1n) is 3.70. The lowest BCUT2D eigenvalue weighted by atomic mass is 9.99. The van der Waals surface area contributed by atoms with E-state index in [1.54, 1.807) is 26.0 Å². The molecule has 1 N–H and O–H groups in total. The van der Waals surface area contributed by atoms with Crippen molar-refractivity contribution in [3.63, 3.8) is 0 Å². The Morgan fingerprint density at radius 1 is 1.23 bits per heavy atom. The van der Waals surface area contributed by atoms with Crippen LogP contribution in [0.5, 0.6) is 0 Å². The number of rotatable bonds is 1. The van der Waals surface area contributed by atoms with Crippen molar-refractivity contribution in [3.05, 3.63) is 32.2 Å². The van der Waals surface area contributed by atoms with E-state index in [-0.39, 0.29) is 0 Å². The van der Waals surface area contributed by atoms with Gasteiger partial charge in [0.2, 0.25) is 0 Å². The summed E-state index contributed by atoms with van der Waals surface area (Å²) in [6, 6.07) is 3.38. The normalized spacial score (nSPS) is 11.8. The summed E-state index contributed by atoms with van der Waals surface area (Å²) < 4.78 is 0.656. The summed E-state index contributed by atoms with van der Waals surface area (Å²) in [4.78, 5) is 0. The molecule has 0 heterocycles. The summed E-state index contributed by atoms with van der Waals surface area (Å²) in [5.41, 5.74) is -0.223. The largest absolute Gasteiger partial charge is 0.386 e. The summed E-state index contributed by atoms with van der Waals surface area (Å²) in [5, 5.41) is 10.7. The van der Waals surface area contributed by atoms with Crippen molar-refractivity contribution in [2.75, 3.05) is 0 Å². The van der Waals surface area contributed by atoms with E-state index >= 15 is 0 Å². The fourth-order valence-electron chi connectivity index (χ4n) is 0.909. The third-order valence-corrected chi connectivity index (χ3v) is 3.60. The molecule has 1 rings (SSSR count). The summed E-state index contributed by atoms with van der Waals surface area (Å²) in [5.74, 6) is 0. The first-order valence-corrected chi connectivity index (χ1v) is 5.24. The van der Waals surface area contributed by atoms with E-state index in [2.05, 4.69) is 15.9 Å². The molecule has 1 nitrogen and oxygen atoms in total. The van der Waals surface area contributed by atoms with Crippen LogP contribution in [0.2, 0.25) is 10.0 Å². The zero-order valence-electron chi connectivity index (χ0n) is 7.24. The quantitative estimate of drug-likeness (QED) is 0.773. The van der Waals surface area contributed by atoms with Crippen molar-refractivity contribution in [1.82, 2.24) is 0 Å². The van der Waals surface area contributed by atoms with Crippen LogP contribution in [0.3, 0.4) is 0 Å². The molecule has 0 saturated carbocycles. The summed E-state index contributed by atoms with van der Waals surface area (Å²) in [6.45, 7) is 3.37. The van der Waals surface area contributed by atoms with Crippen LogP contribution in [0.15, 0.2) is 16.6 Å². The number of halogens is 3. The van der Waals surface area contributed by atoms with Gasteiger partial charge in [0.1, 0.15) is 0 Å². The average Bonchev–Trinajstić information content (AvgIpc) is 1.97. The Kier molecular flexibility index (Phi) is 3.29. The zero-order valence-corrected chi connectivity index (χ0v) is 10.3. The van der Waals surface area contributed by atoms with Crippen molar-refractivity contribution >= 4 is 39.1 Å². The smallest absolute Gasteiger partial charge is 0.0841 e. The Balaban J connectivity index is 3.29. The van der Waals surface area contributed by atoms with Crippen LogP contribution in [0, 0.1) is 0 Å². The Bertz CT molecular complexity index is 308. The number of benzene rings is 1. The zero-order chi connectivity index (χ0) is 10.2. The molecule has 0 spiro atoms. The number of hydrogen-bond donors (Lipinski definition) is 1. The van der Waals surface area contributed by atoms with E-state index in [9.17, 15) is 5.11 Å². The molecule has 0 aliphatic carbocycles. The molecular weight excluding hydrogens is 275 g/mol. The van der Waals surface area contributed by atoms with Crippen LogP contribution < -0.4 is 0 Å². The molecular formula is C9H9BrCl2O. The van der Waals surface area contributed by atoms with E-state index in [0.29, 0.717) is 20.1 Å². The molecule has 13 heavy (non-hydrogen) atoms. The summed E-state index contributed by atoms with van der Waals surface area (Å²) in [7, 11) is 0. The lowest BCUT2D eigenvalue weighted by molar-refractivity contribution is 0.0786. The molecule has 1 aromatic carbocycles. The van der Waals surface area contributed by atoms with Crippen LogP contribution >= 0.6 is 39.1 Å². The monoisotopic (exact) mass is 282 g/mol. The van der Waals surface area contributed by atoms with Gasteiger partial charge in [-0.1, -0.05) is 23.2 Å². The second kappa shape index (κ2) is 3.77. The van der Waals surface area contributed by atoms with Crippen LogP contribution in [-0.2, 0) is 5.60 Å². The molecule has 0 fully saturated rings. The summed E-state index contributed by atoms with van der Waals surface area (Å²) in [6.07, 6.45) is 0. The van der Waals surface area contributed by atoms with Crippen molar-refractivity contribution < 1.29 is 5.11 Å². The second-order valence-corrected chi connectivity index (χ2v) is 4.92. The minimum atomic E-state index is -0.923. The van der Waals surface area contributed by atoms with Gasteiger partial charge in [0.05, 0.1) is 20.1 Å². The number of hydrogen-bond acceptors (Lipinski definition) is 1. The van der Waals surface area contributed by atoms with Gasteiger partial charge >= 0.3 is 0 Å². The maximum absolute atomic E-state index is 9.70. The van der Waals surface area contributed by atoms with Gasteiger partial charge in [0, 0.05) is 0 Å². The molecule has 0 aliphatic rings. The minimum Gasteiger partial charge on any atom is -0.386 e. The van der Waals surface area contributed by atoms with E-state index in [0.717, 1.165) is 0 Å². The highest BCUT2D eigenvalue weighted by Crippen LogP contribution is 2.34. The molecule has 4 heteroatoms. The molecule has 72 valence electrons. The van der Waals surface area contributed by atoms with Gasteiger partial charge in [0.25, 0.3) is 0 Å². The van der Waals surface area contributed by atoms with Gasteiger partial charge in [-0.3, -0.25) is 0 Å². The molecule has 0 amide bonds. The van der Waals surface area contributed by atoms with E-state index in [1.807, 2.05) is 0 Å². The fourth-order valence-corrected chi connectivity index (χ4v) is 1.62. The van der Waals surface area contributed by atoms with Crippen molar-refractivity contribution in [2.45, 2.75) is 19.4 Å². The highest BCUT2D eigenvalue weighted by molar-refractivity contribution is 9.10. The maximum Gasteiger partial charge on any atom is 0.0841 e. The van der Waals surface area contributed by atoms with Crippen LogP contribution in [-0.4, -0.2) is 5.11 Å². The molecule has 0 aliphatic heterocycles. The highest BCUT2D eigenvalue weighted by atomic mass is 79.9. The van der Waals surface area contributed by atoms with Gasteiger partial charge in [0.15, 0.2) is 0 Å². The van der Waals surface area contributed by atoms with Crippen LogP contribution in [0.1, 0.15) is 19.4 Å². The predicted octanol–water partition coefficient (Wildman–Crippen LogP) is 3.98. The Hall–Kier alpha value is 0.240. The topological polar surface area (TPSA) is 20.2 Å². The molecule has 0 aromatic heterocycles. The number of aliphatic hydroxyl groups is 1. The summed E-state index contributed by atoms with van der Waals surface area (Å²) >= 11 is 15.0. The second-order valence-electron chi connectivity index (χ2n) is 3.31. The minimum absolute atomic E-state index is 0.504. The van der Waals surface area contributed by atoms with Gasteiger partial charge < -0.3 is 5.11 Å². The van der Waals surface area contributed by atoms with Crippen molar-refractivity contribution in [1.29, 1.82) is 0 Å². The van der Waals surface area contributed by atoms with Gasteiger partial charge in [-0.2, -0.15) is 0 Å². The van der Waals surface area contributed by atoms with Crippen LogP contribution in [0.4, 0.5) is 0 Å². The van der Waals surface area contributed by atoms with Crippen molar-refractivity contribution in [3.8, 4) is 0 Å². The standard InChI is InChI=1S/C9H9BrCl2O/c1-9(2,13)5-3-6(11)8(10)7(12)4-5/h3-4,13H,1-2H3. The molecule has 0 bridgehead atoms. The maximum atomic E-state index is 9.70. The lowest BCUT2D eigenvalue weighted by Crippen LogP contribution is -2.15. The SMILES string of the molecule is CC(C)(O)c1cc(Cl)c(Br)c(Cl)c1. The van der Waals surface area contributed by atoms with E-state index in [4.69, 9.17) is 23.2 Å². The first kappa shape index (κ1) is 11.3. The molecule has 0 atom stereocenters. The van der Waals surface area contributed by atoms with Gasteiger partial charge in [-0.05, 0) is 47.5 Å². The van der Waals surface area contributed by atoms with Gasteiger partial charge in [-0.15, -0.1) is 0 Å². The van der Waals surface area contributed by atoms with Crippen molar-refractivity contribution in [2.24, 2.45) is 0 Å².